The second-order valence-corrected chi connectivity index (χ2v) is 10.5. The molecule has 3 nitrogen and oxygen atoms in total. The molecule has 0 N–H and O–H groups in total. The number of carbonyl (C=O) groups excluding carboxylic acids is 1. The SMILES string of the molecule is CSc1sc(Br)c2c1/C(=N/OC(=O)c1ccccc1Cl)CC(C)(C)C2. The molecule has 0 fully saturated rings. The van der Waals surface area contributed by atoms with Gasteiger partial charge in [-0.3, -0.25) is 0 Å². The molecule has 2 aromatic rings. The number of oxime groups is 1. The molecule has 0 amide bonds. The number of benzene rings is 1. The molecule has 1 heterocycles. The molecule has 1 aliphatic carbocycles. The molecule has 1 aromatic carbocycles. The van der Waals surface area contributed by atoms with Crippen LogP contribution in [0.4, 0.5) is 0 Å². The molecule has 1 aliphatic rings. The monoisotopic (exact) mass is 457 g/mol. The third kappa shape index (κ3) is 3.97. The van der Waals surface area contributed by atoms with Crippen LogP contribution in [0.2, 0.25) is 5.02 Å². The average Bonchev–Trinajstić information content (AvgIpc) is 2.87. The summed E-state index contributed by atoms with van der Waals surface area (Å²) in [6.07, 6.45) is 3.77. The van der Waals surface area contributed by atoms with Crippen molar-refractivity contribution in [3.63, 3.8) is 0 Å². The number of rotatable bonds is 3. The lowest BCUT2D eigenvalue weighted by Gasteiger charge is -2.30. The molecule has 1 aromatic heterocycles. The van der Waals surface area contributed by atoms with Gasteiger partial charge in [0.25, 0.3) is 0 Å². The van der Waals surface area contributed by atoms with Crippen molar-refractivity contribution in [3.8, 4) is 0 Å². The fraction of sp³-hybridized carbons (Fsp3) is 0.333. The molecule has 0 aliphatic heterocycles. The minimum atomic E-state index is -0.539. The Kier molecular flexibility index (Phi) is 5.63. The molecule has 0 radical (unpaired) electrons. The molecule has 0 saturated carbocycles. The molecule has 0 atom stereocenters. The first-order chi connectivity index (χ1) is 11.8. The molecule has 132 valence electrons. The zero-order valence-electron chi connectivity index (χ0n) is 14.1. The van der Waals surface area contributed by atoms with Crippen LogP contribution >= 0.6 is 50.6 Å². The van der Waals surface area contributed by atoms with Crippen LogP contribution in [0.5, 0.6) is 0 Å². The van der Waals surface area contributed by atoms with Gasteiger partial charge in [0, 0.05) is 5.56 Å². The van der Waals surface area contributed by atoms with Crippen LogP contribution in [0.15, 0.2) is 37.4 Å². The van der Waals surface area contributed by atoms with E-state index in [-0.39, 0.29) is 5.41 Å². The molecule has 25 heavy (non-hydrogen) atoms. The summed E-state index contributed by atoms with van der Waals surface area (Å²) in [6, 6.07) is 6.82. The fourth-order valence-corrected chi connectivity index (χ4v) is 6.13. The summed E-state index contributed by atoms with van der Waals surface area (Å²) in [5, 5.41) is 4.60. The van der Waals surface area contributed by atoms with E-state index in [1.807, 2.05) is 6.26 Å². The standard InChI is InChI=1S/C18H17BrClNO2S2/c1-18(2)8-11-14(17(24-3)25-15(11)19)13(9-18)21-23-16(22)10-6-4-5-7-12(10)20/h4-7H,8-9H2,1-3H3/b21-13+. The van der Waals surface area contributed by atoms with Gasteiger partial charge in [0.05, 0.1) is 24.3 Å². The van der Waals surface area contributed by atoms with Crippen molar-refractivity contribution in [1.82, 2.24) is 0 Å². The van der Waals surface area contributed by atoms with Gasteiger partial charge >= 0.3 is 5.97 Å². The molecule has 0 bridgehead atoms. The Morgan fingerprint density at radius 2 is 2.08 bits per heavy atom. The van der Waals surface area contributed by atoms with Gasteiger partial charge in [-0.1, -0.05) is 42.7 Å². The van der Waals surface area contributed by atoms with E-state index in [0.29, 0.717) is 10.6 Å². The summed E-state index contributed by atoms with van der Waals surface area (Å²) in [7, 11) is 0. The van der Waals surface area contributed by atoms with Crippen molar-refractivity contribution < 1.29 is 9.63 Å². The molecular weight excluding hydrogens is 442 g/mol. The number of hydrogen-bond acceptors (Lipinski definition) is 5. The summed E-state index contributed by atoms with van der Waals surface area (Å²) in [6.45, 7) is 4.40. The normalized spacial score (nSPS) is 17.4. The maximum absolute atomic E-state index is 12.3. The van der Waals surface area contributed by atoms with Gasteiger partial charge < -0.3 is 4.84 Å². The van der Waals surface area contributed by atoms with Crippen molar-refractivity contribution in [1.29, 1.82) is 0 Å². The molecular formula is C18H17BrClNO2S2. The lowest BCUT2D eigenvalue weighted by Crippen LogP contribution is -2.27. The van der Waals surface area contributed by atoms with Crippen molar-refractivity contribution in [2.45, 2.75) is 30.9 Å². The number of nitrogens with zero attached hydrogens (tertiary/aromatic N) is 1. The molecule has 3 rings (SSSR count). The van der Waals surface area contributed by atoms with E-state index in [0.717, 1.165) is 27.9 Å². The number of thiophene rings is 1. The highest BCUT2D eigenvalue weighted by Gasteiger charge is 2.35. The van der Waals surface area contributed by atoms with Crippen molar-refractivity contribution in [2.75, 3.05) is 6.26 Å². The Morgan fingerprint density at radius 3 is 2.76 bits per heavy atom. The highest BCUT2D eigenvalue weighted by atomic mass is 79.9. The Balaban J connectivity index is 1.95. The average molecular weight is 459 g/mol. The Bertz CT molecular complexity index is 861. The smallest absolute Gasteiger partial charge is 0.312 e. The maximum Gasteiger partial charge on any atom is 0.367 e. The lowest BCUT2D eigenvalue weighted by molar-refractivity contribution is 0.0514. The predicted octanol–water partition coefficient (Wildman–Crippen LogP) is 6.42. The van der Waals surface area contributed by atoms with Crippen molar-refractivity contribution >= 4 is 62.3 Å². The van der Waals surface area contributed by atoms with Crippen LogP contribution in [-0.2, 0) is 11.3 Å². The van der Waals surface area contributed by atoms with E-state index in [2.05, 4.69) is 34.9 Å². The summed E-state index contributed by atoms with van der Waals surface area (Å²) >= 11 is 13.1. The zero-order valence-corrected chi connectivity index (χ0v) is 18.0. The van der Waals surface area contributed by atoms with E-state index in [1.165, 1.54) is 9.77 Å². The molecule has 0 saturated heterocycles. The highest BCUT2D eigenvalue weighted by Crippen LogP contribution is 2.46. The Morgan fingerprint density at radius 1 is 1.36 bits per heavy atom. The van der Waals surface area contributed by atoms with Gasteiger partial charge in [0.2, 0.25) is 0 Å². The van der Waals surface area contributed by atoms with Crippen LogP contribution in [0, 0.1) is 5.41 Å². The number of carbonyl (C=O) groups is 1. The summed E-state index contributed by atoms with van der Waals surface area (Å²) in [5.74, 6) is -0.539. The molecule has 7 heteroatoms. The second kappa shape index (κ2) is 7.43. The largest absolute Gasteiger partial charge is 0.367 e. The Labute approximate surface area is 168 Å². The first-order valence-electron chi connectivity index (χ1n) is 7.70. The number of halogens is 2. The summed E-state index contributed by atoms with van der Waals surface area (Å²) in [4.78, 5) is 17.6. The number of thioether (sulfide) groups is 1. The molecule has 0 spiro atoms. The Hall–Kier alpha value is -0.820. The van der Waals surface area contributed by atoms with E-state index in [9.17, 15) is 4.79 Å². The van der Waals surface area contributed by atoms with Crippen molar-refractivity contribution in [3.05, 3.63) is 49.8 Å². The highest BCUT2D eigenvalue weighted by molar-refractivity contribution is 9.11. The van der Waals surface area contributed by atoms with Gasteiger partial charge in [-0.2, -0.15) is 0 Å². The fourth-order valence-electron chi connectivity index (χ4n) is 2.94. The van der Waals surface area contributed by atoms with Crippen molar-refractivity contribution in [2.24, 2.45) is 10.6 Å². The zero-order chi connectivity index (χ0) is 18.2. The summed E-state index contributed by atoms with van der Waals surface area (Å²) in [5.41, 5.74) is 3.55. The summed E-state index contributed by atoms with van der Waals surface area (Å²) < 4.78 is 2.31. The van der Waals surface area contributed by atoms with Gasteiger partial charge in [-0.05, 0) is 58.1 Å². The number of fused-ring (bicyclic) bond motifs is 1. The van der Waals surface area contributed by atoms with E-state index < -0.39 is 5.97 Å². The van der Waals surface area contributed by atoms with Crippen LogP contribution in [0.3, 0.4) is 0 Å². The van der Waals surface area contributed by atoms with Crippen LogP contribution in [0.25, 0.3) is 0 Å². The predicted molar refractivity (Wildman–Crippen MR) is 109 cm³/mol. The maximum atomic E-state index is 12.3. The number of hydrogen-bond donors (Lipinski definition) is 0. The van der Waals surface area contributed by atoms with Gasteiger partial charge in [-0.25, -0.2) is 4.79 Å². The minimum absolute atomic E-state index is 0.0574. The lowest BCUT2D eigenvalue weighted by atomic mass is 9.75. The minimum Gasteiger partial charge on any atom is -0.312 e. The molecule has 0 unspecified atom stereocenters. The first kappa shape index (κ1) is 19.0. The van der Waals surface area contributed by atoms with Crippen LogP contribution < -0.4 is 0 Å². The third-order valence-electron chi connectivity index (χ3n) is 4.03. The van der Waals surface area contributed by atoms with Gasteiger partial charge in [0.15, 0.2) is 0 Å². The van der Waals surface area contributed by atoms with E-state index >= 15 is 0 Å². The van der Waals surface area contributed by atoms with E-state index in [1.54, 1.807) is 47.4 Å². The van der Waals surface area contributed by atoms with Crippen LogP contribution in [0.1, 0.15) is 41.8 Å². The third-order valence-corrected chi connectivity index (χ3v) is 7.47. The van der Waals surface area contributed by atoms with E-state index in [4.69, 9.17) is 16.4 Å². The second-order valence-electron chi connectivity index (χ2n) is 6.64. The quantitative estimate of drug-likeness (QED) is 0.302. The van der Waals surface area contributed by atoms with Gasteiger partial charge in [0.1, 0.15) is 0 Å². The first-order valence-corrected chi connectivity index (χ1v) is 10.9. The van der Waals surface area contributed by atoms with Gasteiger partial charge in [-0.15, -0.1) is 23.1 Å². The topological polar surface area (TPSA) is 38.7 Å². The van der Waals surface area contributed by atoms with Crippen LogP contribution in [-0.4, -0.2) is 17.9 Å².